The van der Waals surface area contributed by atoms with Crippen molar-refractivity contribution in [1.82, 2.24) is 19.8 Å². The third-order valence-electron chi connectivity index (χ3n) is 6.08. The predicted octanol–water partition coefficient (Wildman–Crippen LogP) is 2.72. The first-order valence-electron chi connectivity index (χ1n) is 10.7. The second kappa shape index (κ2) is 8.81. The molecule has 0 spiro atoms. The molecule has 1 N–H and O–H groups in total. The molecular weight excluding hydrogens is 378 g/mol. The second-order valence-electron chi connectivity index (χ2n) is 8.06. The van der Waals surface area contributed by atoms with Crippen molar-refractivity contribution in [2.24, 2.45) is 0 Å². The number of likely N-dealkylation sites (tertiary alicyclic amines) is 1. The van der Waals surface area contributed by atoms with Gasteiger partial charge in [-0.1, -0.05) is 30.3 Å². The first-order chi connectivity index (χ1) is 14.6. The minimum absolute atomic E-state index is 0.0664. The van der Waals surface area contributed by atoms with Gasteiger partial charge in [-0.15, -0.1) is 0 Å². The zero-order valence-corrected chi connectivity index (χ0v) is 17.7. The highest BCUT2D eigenvalue weighted by Gasteiger charge is 2.32. The molecule has 1 atom stereocenters. The van der Waals surface area contributed by atoms with Crippen LogP contribution in [0.1, 0.15) is 54.9 Å². The number of amides is 2. The monoisotopic (exact) mass is 407 g/mol. The Labute approximate surface area is 177 Å². The number of rotatable bonds is 4. The molecule has 0 unspecified atom stereocenters. The van der Waals surface area contributed by atoms with Crippen molar-refractivity contribution in [3.05, 3.63) is 53.0 Å². The van der Waals surface area contributed by atoms with E-state index in [4.69, 9.17) is 9.97 Å². The minimum atomic E-state index is -0.0989. The van der Waals surface area contributed by atoms with Crippen LogP contribution in [-0.4, -0.2) is 51.7 Å². The van der Waals surface area contributed by atoms with Gasteiger partial charge in [0.15, 0.2) is 5.82 Å². The van der Waals surface area contributed by atoms with Gasteiger partial charge < -0.3 is 15.1 Å². The van der Waals surface area contributed by atoms with Gasteiger partial charge >= 0.3 is 0 Å². The Morgan fingerprint density at radius 3 is 2.67 bits per heavy atom. The number of nitrogens with one attached hydrogen (secondary N) is 1. The third kappa shape index (κ3) is 4.15. The molecule has 0 aliphatic carbocycles. The van der Waals surface area contributed by atoms with E-state index in [1.165, 1.54) is 0 Å². The summed E-state index contributed by atoms with van der Waals surface area (Å²) in [6.45, 7) is 3.53. The van der Waals surface area contributed by atoms with Crippen LogP contribution >= 0.6 is 0 Å². The molecule has 2 aromatic rings. The van der Waals surface area contributed by atoms with Gasteiger partial charge in [0.25, 0.3) is 0 Å². The number of fused-ring (bicyclic) bond motifs is 1. The summed E-state index contributed by atoms with van der Waals surface area (Å²) in [7, 11) is 1.85. The maximum atomic E-state index is 13.1. The molecule has 2 amide bonds. The molecule has 3 heterocycles. The van der Waals surface area contributed by atoms with Crippen molar-refractivity contribution in [3.8, 4) is 0 Å². The van der Waals surface area contributed by atoms with Gasteiger partial charge in [0.1, 0.15) is 5.82 Å². The lowest BCUT2D eigenvalue weighted by atomic mass is 9.99. The van der Waals surface area contributed by atoms with E-state index < -0.39 is 0 Å². The number of hydrogen-bond acceptors (Lipinski definition) is 5. The van der Waals surface area contributed by atoms with E-state index in [9.17, 15) is 9.59 Å². The Kier molecular flexibility index (Phi) is 5.97. The average Bonchev–Trinajstić information content (AvgIpc) is 2.78. The Bertz CT molecular complexity index is 913. The number of nitrogens with zero attached hydrogens (tertiary/aromatic N) is 4. The van der Waals surface area contributed by atoms with Crippen LogP contribution in [0.4, 0.5) is 5.82 Å². The largest absolute Gasteiger partial charge is 0.373 e. The molecule has 0 radical (unpaired) electrons. The molecule has 30 heavy (non-hydrogen) atoms. The molecule has 1 aromatic carbocycles. The summed E-state index contributed by atoms with van der Waals surface area (Å²) in [6, 6.07) is 9.78. The summed E-state index contributed by atoms with van der Waals surface area (Å²) in [6.07, 6.45) is 4.06. The molecule has 7 nitrogen and oxygen atoms in total. The molecule has 1 aromatic heterocycles. The van der Waals surface area contributed by atoms with Crippen LogP contribution in [0.2, 0.25) is 0 Å². The highest BCUT2D eigenvalue weighted by Crippen LogP contribution is 2.32. The van der Waals surface area contributed by atoms with E-state index in [0.717, 1.165) is 54.3 Å². The summed E-state index contributed by atoms with van der Waals surface area (Å²) in [4.78, 5) is 38.4. The number of hydrogen-bond donors (Lipinski definition) is 1. The Hall–Kier alpha value is -2.96. The van der Waals surface area contributed by atoms with E-state index in [1.807, 2.05) is 47.2 Å². The summed E-state index contributed by atoms with van der Waals surface area (Å²) in [5, 5.41) is 3.19. The standard InChI is InChI=1S/C23H29N5O2/c1-16(29)27-13-11-19-18(15-27)22(24-2)26-23(25-19)20-10-6-7-12-28(20)21(30)14-17-8-4-3-5-9-17/h3-5,8-9,20H,6-7,10-15H2,1-2H3,(H,24,25,26)/t20-/m0/s1. The van der Waals surface area contributed by atoms with Crippen molar-refractivity contribution in [2.75, 3.05) is 25.5 Å². The predicted molar refractivity (Wildman–Crippen MR) is 115 cm³/mol. The molecule has 2 aliphatic heterocycles. The first-order valence-corrected chi connectivity index (χ1v) is 10.7. The Morgan fingerprint density at radius 2 is 1.93 bits per heavy atom. The van der Waals surface area contributed by atoms with Gasteiger partial charge in [0, 0.05) is 39.0 Å². The normalized spacial score (nSPS) is 18.7. The topological polar surface area (TPSA) is 78.4 Å². The summed E-state index contributed by atoms with van der Waals surface area (Å²) in [5.41, 5.74) is 3.00. The lowest BCUT2D eigenvalue weighted by Crippen LogP contribution is -2.41. The maximum Gasteiger partial charge on any atom is 0.227 e. The molecule has 158 valence electrons. The molecule has 1 fully saturated rings. The van der Waals surface area contributed by atoms with Crippen molar-refractivity contribution < 1.29 is 9.59 Å². The molecule has 1 saturated heterocycles. The van der Waals surface area contributed by atoms with Gasteiger partial charge in [-0.25, -0.2) is 9.97 Å². The number of benzene rings is 1. The molecule has 4 rings (SSSR count). The quantitative estimate of drug-likeness (QED) is 0.843. The summed E-state index contributed by atoms with van der Waals surface area (Å²) in [5.74, 6) is 1.68. The smallest absolute Gasteiger partial charge is 0.227 e. The fraction of sp³-hybridized carbons (Fsp3) is 0.478. The van der Waals surface area contributed by atoms with Gasteiger partial charge in [0.05, 0.1) is 24.7 Å². The highest BCUT2D eigenvalue weighted by molar-refractivity contribution is 5.79. The summed E-state index contributed by atoms with van der Waals surface area (Å²) >= 11 is 0. The SMILES string of the molecule is CNc1nc([C@@H]2CCCCN2C(=O)Cc2ccccc2)nc2c1CN(C(C)=O)CC2. The fourth-order valence-electron chi connectivity index (χ4n) is 4.43. The van der Waals surface area contributed by atoms with Crippen LogP contribution in [0, 0.1) is 0 Å². The molecular formula is C23H29N5O2. The fourth-order valence-corrected chi connectivity index (χ4v) is 4.43. The van der Waals surface area contributed by atoms with Crippen LogP contribution in [0.5, 0.6) is 0 Å². The lowest BCUT2D eigenvalue weighted by molar-refractivity contribution is -0.134. The number of piperidine rings is 1. The Morgan fingerprint density at radius 1 is 1.13 bits per heavy atom. The van der Waals surface area contributed by atoms with E-state index in [2.05, 4.69) is 5.32 Å². The minimum Gasteiger partial charge on any atom is -0.373 e. The number of carbonyl (C=O) groups is 2. The zero-order chi connectivity index (χ0) is 21.1. The van der Waals surface area contributed by atoms with E-state index in [1.54, 1.807) is 6.92 Å². The van der Waals surface area contributed by atoms with E-state index >= 15 is 0 Å². The summed E-state index contributed by atoms with van der Waals surface area (Å²) < 4.78 is 0. The first kappa shape index (κ1) is 20.3. The number of aromatic nitrogens is 2. The maximum absolute atomic E-state index is 13.1. The van der Waals surface area contributed by atoms with Crippen molar-refractivity contribution in [1.29, 1.82) is 0 Å². The average molecular weight is 408 g/mol. The van der Waals surface area contributed by atoms with Crippen molar-refractivity contribution in [2.45, 2.75) is 51.6 Å². The Balaban J connectivity index is 1.61. The zero-order valence-electron chi connectivity index (χ0n) is 17.7. The molecule has 2 aliphatic rings. The van der Waals surface area contributed by atoms with Crippen molar-refractivity contribution >= 4 is 17.6 Å². The van der Waals surface area contributed by atoms with Gasteiger partial charge in [-0.05, 0) is 24.8 Å². The molecule has 0 saturated carbocycles. The number of anilines is 1. The number of carbonyl (C=O) groups excluding carboxylic acids is 2. The highest BCUT2D eigenvalue weighted by atomic mass is 16.2. The van der Waals surface area contributed by atoms with Crippen LogP contribution < -0.4 is 5.32 Å². The lowest BCUT2D eigenvalue weighted by Gasteiger charge is -2.36. The van der Waals surface area contributed by atoms with E-state index in [0.29, 0.717) is 25.9 Å². The van der Waals surface area contributed by atoms with E-state index in [-0.39, 0.29) is 17.9 Å². The van der Waals surface area contributed by atoms with Crippen LogP contribution in [0.25, 0.3) is 0 Å². The van der Waals surface area contributed by atoms with Gasteiger partial charge in [-0.2, -0.15) is 0 Å². The second-order valence-corrected chi connectivity index (χ2v) is 8.06. The molecule has 7 heteroatoms. The van der Waals surface area contributed by atoms with Gasteiger partial charge in [0.2, 0.25) is 11.8 Å². The van der Waals surface area contributed by atoms with Crippen LogP contribution in [0.15, 0.2) is 30.3 Å². The molecule has 0 bridgehead atoms. The van der Waals surface area contributed by atoms with Gasteiger partial charge in [-0.3, -0.25) is 9.59 Å². The van der Waals surface area contributed by atoms with Crippen molar-refractivity contribution in [3.63, 3.8) is 0 Å². The van der Waals surface area contributed by atoms with Crippen LogP contribution in [-0.2, 0) is 29.0 Å². The third-order valence-corrected chi connectivity index (χ3v) is 6.08. The van der Waals surface area contributed by atoms with Crippen LogP contribution in [0.3, 0.4) is 0 Å².